The Hall–Kier alpha value is -3.41. The Morgan fingerprint density at radius 2 is 1.63 bits per heavy atom. The summed E-state index contributed by atoms with van der Waals surface area (Å²) in [7, 11) is 1.57. The monoisotopic (exact) mass is 402 g/mol. The minimum Gasteiger partial charge on any atom is -0.497 e. The minimum absolute atomic E-state index is 0.0203. The number of carbonyl (C=O) groups excluding carboxylic acids is 1. The van der Waals surface area contributed by atoms with Gasteiger partial charge in [0.2, 0.25) is 0 Å². The first-order valence-electron chi connectivity index (χ1n) is 9.99. The molecule has 1 aromatic heterocycles. The molecule has 0 saturated heterocycles. The molecule has 1 aliphatic heterocycles. The molecule has 30 heavy (non-hydrogen) atoms. The number of allylic oxidation sites excluding steroid dienone is 2. The smallest absolute Gasteiger partial charge is 0.277 e. The Bertz CT molecular complexity index is 1370. The standard InChI is InChI=1S/C24H22N2O4/c1-24(2)12-18-20(19(27)13-24)21(14-7-6-8-15(11-14)30-3)26-23(29)17-10-5-4-9-16(17)22(28)25(18)26/h4-11,21H,12-13H2,1-3H3. The van der Waals surface area contributed by atoms with E-state index in [9.17, 15) is 14.4 Å². The summed E-state index contributed by atoms with van der Waals surface area (Å²) in [6.07, 6.45) is 0.926. The largest absolute Gasteiger partial charge is 0.497 e. The van der Waals surface area contributed by atoms with Crippen molar-refractivity contribution in [1.82, 2.24) is 9.36 Å². The number of ketones is 1. The third kappa shape index (κ3) is 2.53. The maximum Gasteiger partial charge on any atom is 0.277 e. The van der Waals surface area contributed by atoms with Gasteiger partial charge in [0.1, 0.15) is 11.8 Å². The minimum atomic E-state index is -0.650. The van der Waals surface area contributed by atoms with Gasteiger partial charge in [-0.2, -0.15) is 0 Å². The predicted molar refractivity (Wildman–Crippen MR) is 115 cm³/mol. The lowest BCUT2D eigenvalue weighted by Gasteiger charge is -2.30. The fraction of sp³-hybridized carbons (Fsp3) is 0.292. The van der Waals surface area contributed by atoms with Crippen LogP contribution in [0.5, 0.6) is 5.75 Å². The van der Waals surface area contributed by atoms with Crippen LogP contribution in [0.1, 0.15) is 38.3 Å². The molecule has 0 amide bonds. The number of ether oxygens (including phenoxy) is 1. The number of rotatable bonds is 2. The first kappa shape index (κ1) is 18.6. The summed E-state index contributed by atoms with van der Waals surface area (Å²) in [4.78, 5) is 40.3. The summed E-state index contributed by atoms with van der Waals surface area (Å²) in [6, 6.07) is 13.5. The zero-order chi connectivity index (χ0) is 21.2. The molecule has 1 atom stereocenters. The van der Waals surface area contributed by atoms with Gasteiger partial charge in [0, 0.05) is 12.0 Å². The third-order valence-electron chi connectivity index (χ3n) is 6.08. The average molecular weight is 402 g/mol. The van der Waals surface area contributed by atoms with Crippen molar-refractivity contribution >= 4 is 22.3 Å². The van der Waals surface area contributed by atoms with Crippen LogP contribution in [0.15, 0.2) is 63.7 Å². The van der Waals surface area contributed by atoms with E-state index >= 15 is 0 Å². The molecule has 6 nitrogen and oxygen atoms in total. The number of benzene rings is 2. The van der Waals surface area contributed by atoms with Crippen molar-refractivity contribution in [1.29, 1.82) is 0 Å². The summed E-state index contributed by atoms with van der Waals surface area (Å²) < 4.78 is 8.27. The highest BCUT2D eigenvalue weighted by molar-refractivity contribution is 6.04. The third-order valence-corrected chi connectivity index (χ3v) is 6.08. The van der Waals surface area contributed by atoms with Crippen molar-refractivity contribution < 1.29 is 9.53 Å². The van der Waals surface area contributed by atoms with Crippen molar-refractivity contribution in [3.05, 3.63) is 80.4 Å². The second-order valence-electron chi connectivity index (χ2n) is 8.79. The molecule has 0 fully saturated rings. The summed E-state index contributed by atoms with van der Waals surface area (Å²) in [6.45, 7) is 4.03. The molecule has 152 valence electrons. The second kappa shape index (κ2) is 6.29. The number of hydrogen-bond donors (Lipinski definition) is 0. The summed E-state index contributed by atoms with van der Waals surface area (Å²) >= 11 is 0. The van der Waals surface area contributed by atoms with Crippen LogP contribution in [0.4, 0.5) is 0 Å². The maximum atomic E-state index is 13.6. The molecular formula is C24H22N2O4. The number of carbonyl (C=O) groups is 1. The zero-order valence-electron chi connectivity index (χ0n) is 17.1. The number of nitrogens with zero attached hydrogens (tertiary/aromatic N) is 2. The van der Waals surface area contributed by atoms with Gasteiger partial charge in [-0.1, -0.05) is 38.1 Å². The van der Waals surface area contributed by atoms with Crippen molar-refractivity contribution in [2.75, 3.05) is 7.11 Å². The summed E-state index contributed by atoms with van der Waals surface area (Å²) in [5, 5.41) is 0.728. The van der Waals surface area contributed by atoms with Crippen LogP contribution >= 0.6 is 0 Å². The number of methoxy groups -OCH3 is 1. The SMILES string of the molecule is COc1cccc(C2C3=C(CC(C)(C)CC3=O)n3c(=O)c4ccccc4c(=O)n32)c1. The molecule has 3 aromatic rings. The van der Waals surface area contributed by atoms with Gasteiger partial charge >= 0.3 is 0 Å². The lowest BCUT2D eigenvalue weighted by Crippen LogP contribution is -2.37. The number of aromatic nitrogens is 2. The highest BCUT2D eigenvalue weighted by Crippen LogP contribution is 2.47. The van der Waals surface area contributed by atoms with Crippen LogP contribution in [-0.2, 0) is 4.79 Å². The maximum absolute atomic E-state index is 13.6. The van der Waals surface area contributed by atoms with E-state index in [1.54, 1.807) is 31.4 Å². The molecule has 0 saturated carbocycles. The number of fused-ring (bicyclic) bond motifs is 3. The fourth-order valence-corrected chi connectivity index (χ4v) is 4.81. The molecule has 0 N–H and O–H groups in total. The fourth-order valence-electron chi connectivity index (χ4n) is 4.81. The molecule has 6 heteroatoms. The van der Waals surface area contributed by atoms with Crippen LogP contribution < -0.4 is 15.9 Å². The van der Waals surface area contributed by atoms with Gasteiger partial charge in [-0.25, -0.2) is 9.36 Å². The summed E-state index contributed by atoms with van der Waals surface area (Å²) in [5.74, 6) is 0.612. The van der Waals surface area contributed by atoms with Gasteiger partial charge in [0.15, 0.2) is 5.78 Å². The molecule has 2 heterocycles. The average Bonchev–Trinajstić information content (AvgIpc) is 3.06. The van der Waals surface area contributed by atoms with E-state index in [0.29, 0.717) is 40.6 Å². The van der Waals surface area contributed by atoms with Crippen molar-refractivity contribution in [3.8, 4) is 5.75 Å². The van der Waals surface area contributed by atoms with Crippen molar-refractivity contribution in [3.63, 3.8) is 0 Å². The quantitative estimate of drug-likeness (QED) is 0.659. The van der Waals surface area contributed by atoms with Gasteiger partial charge < -0.3 is 4.74 Å². The molecule has 2 aliphatic rings. The molecule has 0 spiro atoms. The molecule has 5 rings (SSSR count). The zero-order valence-corrected chi connectivity index (χ0v) is 17.1. The van der Waals surface area contributed by atoms with Crippen LogP contribution in [0, 0.1) is 5.41 Å². The topological polar surface area (TPSA) is 70.3 Å². The van der Waals surface area contributed by atoms with E-state index in [1.807, 2.05) is 38.1 Å². The lowest BCUT2D eigenvalue weighted by molar-refractivity contribution is -0.118. The van der Waals surface area contributed by atoms with Crippen molar-refractivity contribution in [2.24, 2.45) is 5.41 Å². The molecule has 1 aliphatic carbocycles. The predicted octanol–water partition coefficient (Wildman–Crippen LogP) is 3.38. The number of Topliss-reactive ketones (excluding diaryl/α,β-unsaturated/α-hetero) is 1. The van der Waals surface area contributed by atoms with Gasteiger partial charge in [0.05, 0.1) is 23.6 Å². The normalized spacial score (nSPS) is 19.7. The molecule has 1 unspecified atom stereocenters. The molecule has 2 aromatic carbocycles. The van der Waals surface area contributed by atoms with Crippen LogP contribution in [0.3, 0.4) is 0 Å². The van der Waals surface area contributed by atoms with Gasteiger partial charge in [-0.05, 0) is 41.7 Å². The first-order valence-corrected chi connectivity index (χ1v) is 9.99. The van der Waals surface area contributed by atoms with E-state index in [1.165, 1.54) is 9.36 Å². The van der Waals surface area contributed by atoms with Gasteiger partial charge in [-0.3, -0.25) is 14.4 Å². The van der Waals surface area contributed by atoms with Gasteiger partial charge in [-0.15, -0.1) is 0 Å². The van der Waals surface area contributed by atoms with E-state index in [2.05, 4.69) is 0 Å². The van der Waals surface area contributed by atoms with E-state index in [-0.39, 0.29) is 22.3 Å². The lowest BCUT2D eigenvalue weighted by atomic mass is 9.74. The molecular weight excluding hydrogens is 380 g/mol. The Morgan fingerprint density at radius 3 is 2.33 bits per heavy atom. The summed E-state index contributed by atoms with van der Waals surface area (Å²) in [5.41, 5.74) is 1.09. The van der Waals surface area contributed by atoms with Crippen LogP contribution in [-0.4, -0.2) is 22.3 Å². The second-order valence-corrected chi connectivity index (χ2v) is 8.79. The van der Waals surface area contributed by atoms with E-state index in [4.69, 9.17) is 4.74 Å². The van der Waals surface area contributed by atoms with Crippen molar-refractivity contribution in [2.45, 2.75) is 32.7 Å². The van der Waals surface area contributed by atoms with Gasteiger partial charge in [0.25, 0.3) is 11.1 Å². The van der Waals surface area contributed by atoms with E-state index in [0.717, 1.165) is 5.56 Å². The van der Waals surface area contributed by atoms with E-state index < -0.39 is 6.04 Å². The Morgan fingerprint density at radius 1 is 0.933 bits per heavy atom. The Balaban J connectivity index is 1.91. The Kier molecular flexibility index (Phi) is 3.90. The van der Waals surface area contributed by atoms with Crippen LogP contribution in [0.25, 0.3) is 16.5 Å². The molecule has 0 radical (unpaired) electrons. The Labute approximate surface area is 173 Å². The van der Waals surface area contributed by atoms with Crippen LogP contribution in [0.2, 0.25) is 0 Å². The highest BCUT2D eigenvalue weighted by Gasteiger charge is 2.44. The highest BCUT2D eigenvalue weighted by atomic mass is 16.5. The first-order chi connectivity index (χ1) is 14.3. The molecule has 0 bridgehead atoms. The number of hydrogen-bond acceptors (Lipinski definition) is 4.